The molecule has 15 nitrogen and oxygen atoms in total. The molecule has 0 aromatic carbocycles. The minimum atomic E-state index is -1.20. The minimum absolute atomic E-state index is 0.0166. The summed E-state index contributed by atoms with van der Waals surface area (Å²) in [6.07, 6.45) is -4.43. The van der Waals surface area contributed by atoms with Crippen LogP contribution in [0.3, 0.4) is 0 Å². The van der Waals surface area contributed by atoms with E-state index in [2.05, 4.69) is 10.1 Å². The maximum absolute atomic E-state index is 11.9. The number of carbonyl (C=O) groups is 5. The van der Waals surface area contributed by atoms with Crippen LogP contribution in [0.5, 0.6) is 0 Å². The molecule has 1 aliphatic heterocycles. The fourth-order valence-corrected chi connectivity index (χ4v) is 3.46. The maximum atomic E-state index is 11.9. The Kier molecular flexibility index (Phi) is 16.9. The van der Waals surface area contributed by atoms with Crippen LogP contribution in [0.4, 0.5) is 0 Å². The molecule has 15 heteroatoms. The minimum Gasteiger partial charge on any atom is -0.469 e. The lowest BCUT2D eigenvalue weighted by Crippen LogP contribution is -2.66. The van der Waals surface area contributed by atoms with Crippen molar-refractivity contribution in [1.82, 2.24) is 5.32 Å². The maximum Gasteiger partial charge on any atom is 0.307 e. The number of ether oxygens (including phenoxy) is 9. The van der Waals surface area contributed by atoms with E-state index < -0.39 is 54.5 Å². The van der Waals surface area contributed by atoms with Crippen molar-refractivity contribution in [2.24, 2.45) is 0 Å². The molecule has 39 heavy (non-hydrogen) atoms. The van der Waals surface area contributed by atoms with Gasteiger partial charge < -0.3 is 47.9 Å². The first-order valence-electron chi connectivity index (χ1n) is 12.4. The largest absolute Gasteiger partial charge is 0.469 e. The predicted molar refractivity (Wildman–Crippen MR) is 129 cm³/mol. The van der Waals surface area contributed by atoms with Crippen molar-refractivity contribution in [2.45, 2.75) is 64.8 Å². The van der Waals surface area contributed by atoms with Gasteiger partial charge in [0.05, 0.1) is 59.8 Å². The van der Waals surface area contributed by atoms with Crippen LogP contribution >= 0.6 is 0 Å². The molecule has 0 aliphatic carbocycles. The molecule has 1 heterocycles. The van der Waals surface area contributed by atoms with Crippen molar-refractivity contribution >= 4 is 29.8 Å². The van der Waals surface area contributed by atoms with Gasteiger partial charge in [-0.05, 0) is 0 Å². The molecule has 1 rings (SSSR count). The summed E-state index contributed by atoms with van der Waals surface area (Å²) < 4.78 is 48.0. The summed E-state index contributed by atoms with van der Waals surface area (Å²) in [5, 5.41) is 2.61. The van der Waals surface area contributed by atoms with Crippen molar-refractivity contribution in [3.8, 4) is 0 Å². The first-order chi connectivity index (χ1) is 18.5. The lowest BCUT2D eigenvalue weighted by atomic mass is 9.96. The summed E-state index contributed by atoms with van der Waals surface area (Å²) in [6.45, 7) is 6.01. The van der Waals surface area contributed by atoms with E-state index in [-0.39, 0.29) is 52.0 Å². The van der Waals surface area contributed by atoms with E-state index in [9.17, 15) is 24.0 Å². The molecule has 1 aliphatic rings. The number of rotatable bonds is 18. The number of methoxy groups -OCH3 is 1. The summed E-state index contributed by atoms with van der Waals surface area (Å²) in [7, 11) is 1.31. The van der Waals surface area contributed by atoms with Gasteiger partial charge >= 0.3 is 23.9 Å². The second-order valence-electron chi connectivity index (χ2n) is 8.25. The molecular weight excluding hydrogens is 526 g/mol. The fourth-order valence-electron chi connectivity index (χ4n) is 3.46. The third kappa shape index (κ3) is 14.8. The number of esters is 4. The van der Waals surface area contributed by atoms with Gasteiger partial charge in [0.1, 0.15) is 18.8 Å². The second-order valence-corrected chi connectivity index (χ2v) is 8.25. The lowest BCUT2D eigenvalue weighted by molar-refractivity contribution is -0.279. The zero-order chi connectivity index (χ0) is 29.2. The Balaban J connectivity index is 2.63. The highest BCUT2D eigenvalue weighted by atomic mass is 16.7. The fraction of sp³-hybridized carbons (Fsp3) is 0.792. The lowest BCUT2D eigenvalue weighted by Gasteiger charge is -2.44. The molecule has 0 bridgehead atoms. The number of carbonyl (C=O) groups excluding carboxylic acids is 5. The van der Waals surface area contributed by atoms with Gasteiger partial charge in [-0.15, -0.1) is 0 Å². The molecule has 0 spiro atoms. The van der Waals surface area contributed by atoms with Crippen LogP contribution in [0, 0.1) is 0 Å². The van der Waals surface area contributed by atoms with Crippen LogP contribution in [0.2, 0.25) is 0 Å². The van der Waals surface area contributed by atoms with Gasteiger partial charge in [0.25, 0.3) is 0 Å². The number of nitrogens with one attached hydrogen (secondary N) is 1. The topological polar surface area (TPSA) is 180 Å². The molecule has 224 valence electrons. The molecule has 1 saturated heterocycles. The Bertz CT molecular complexity index is 791. The van der Waals surface area contributed by atoms with E-state index in [1.165, 1.54) is 21.0 Å². The Labute approximate surface area is 227 Å². The average molecular weight is 566 g/mol. The van der Waals surface area contributed by atoms with Crippen LogP contribution in [0.1, 0.15) is 34.1 Å². The highest BCUT2D eigenvalue weighted by molar-refractivity contribution is 5.73. The molecule has 1 N–H and O–H groups in total. The molecule has 1 fully saturated rings. The van der Waals surface area contributed by atoms with Crippen molar-refractivity contribution < 1.29 is 66.6 Å². The SMILES string of the molecule is COC(=O)CCOCCOCCOCCO[C@@H]1OC(COC(C)=O)[C@H](OC(C)=O)C(OC(C)=O)C1NC(C)=O. The van der Waals surface area contributed by atoms with Gasteiger partial charge in [0.15, 0.2) is 18.5 Å². The second kappa shape index (κ2) is 19.2. The van der Waals surface area contributed by atoms with Gasteiger partial charge in [0, 0.05) is 27.7 Å². The van der Waals surface area contributed by atoms with Crippen molar-refractivity contribution in [3.05, 3.63) is 0 Å². The molecule has 0 saturated carbocycles. The highest BCUT2D eigenvalue weighted by Gasteiger charge is 2.51. The summed E-state index contributed by atoms with van der Waals surface area (Å²) in [5.41, 5.74) is 0. The third-order valence-corrected chi connectivity index (χ3v) is 5.00. The van der Waals surface area contributed by atoms with E-state index in [0.717, 1.165) is 13.8 Å². The predicted octanol–water partition coefficient (Wildman–Crippen LogP) is -0.728. The van der Waals surface area contributed by atoms with Crippen LogP contribution in [-0.2, 0) is 66.6 Å². The van der Waals surface area contributed by atoms with E-state index >= 15 is 0 Å². The Hall–Kier alpha value is -2.85. The van der Waals surface area contributed by atoms with E-state index in [1.807, 2.05) is 0 Å². The van der Waals surface area contributed by atoms with Gasteiger partial charge in [0.2, 0.25) is 5.91 Å². The van der Waals surface area contributed by atoms with Crippen LogP contribution in [0.25, 0.3) is 0 Å². The average Bonchev–Trinajstić information content (AvgIpc) is 2.85. The highest BCUT2D eigenvalue weighted by Crippen LogP contribution is 2.28. The zero-order valence-corrected chi connectivity index (χ0v) is 23.0. The van der Waals surface area contributed by atoms with Gasteiger partial charge in [-0.2, -0.15) is 0 Å². The summed E-state index contributed by atoms with van der Waals surface area (Å²) in [6, 6.07) is -1.05. The Morgan fingerprint density at radius 1 is 0.718 bits per heavy atom. The first kappa shape index (κ1) is 34.2. The molecule has 3 unspecified atom stereocenters. The van der Waals surface area contributed by atoms with E-state index in [0.29, 0.717) is 13.2 Å². The third-order valence-electron chi connectivity index (χ3n) is 5.00. The molecule has 1 amide bonds. The van der Waals surface area contributed by atoms with Crippen LogP contribution in [-0.4, -0.2) is 120 Å². The van der Waals surface area contributed by atoms with Gasteiger partial charge in [-0.3, -0.25) is 24.0 Å². The molecule has 5 atom stereocenters. The standard InChI is InChI=1S/C24H39NO14/c1-15(26)25-21-23(38-18(4)29)22(37-17(3)28)19(14-36-16(2)27)39-24(21)35-13-12-34-11-10-33-9-8-32-7-6-20(30)31-5/h19,21-24H,6-14H2,1-5H3,(H,25,26)/t19?,21?,22-,23?,24+/m0/s1. The monoisotopic (exact) mass is 565 g/mol. The smallest absolute Gasteiger partial charge is 0.307 e. The number of hydrogen-bond acceptors (Lipinski definition) is 14. The Morgan fingerprint density at radius 2 is 1.26 bits per heavy atom. The van der Waals surface area contributed by atoms with Crippen molar-refractivity contribution in [3.63, 3.8) is 0 Å². The normalized spacial score (nSPS) is 22.4. The molecule has 0 aromatic rings. The zero-order valence-electron chi connectivity index (χ0n) is 23.0. The first-order valence-corrected chi connectivity index (χ1v) is 12.4. The summed E-state index contributed by atoms with van der Waals surface area (Å²) in [4.78, 5) is 57.9. The van der Waals surface area contributed by atoms with E-state index in [4.69, 9.17) is 37.9 Å². The van der Waals surface area contributed by atoms with Crippen molar-refractivity contribution in [2.75, 3.05) is 60.0 Å². The summed E-state index contributed by atoms with van der Waals surface area (Å²) >= 11 is 0. The quantitative estimate of drug-likeness (QED) is 0.125. The van der Waals surface area contributed by atoms with Crippen molar-refractivity contribution in [1.29, 1.82) is 0 Å². The number of hydrogen-bond donors (Lipinski definition) is 1. The summed E-state index contributed by atoms with van der Waals surface area (Å²) in [5.74, 6) is -2.82. The molecular formula is C24H39NO14. The van der Waals surface area contributed by atoms with Gasteiger partial charge in [-0.25, -0.2) is 0 Å². The molecule has 0 radical (unpaired) electrons. The Morgan fingerprint density at radius 3 is 1.77 bits per heavy atom. The molecule has 0 aromatic heterocycles. The van der Waals surface area contributed by atoms with Crippen LogP contribution in [0.15, 0.2) is 0 Å². The van der Waals surface area contributed by atoms with Crippen LogP contribution < -0.4 is 5.32 Å². The number of amides is 1. The van der Waals surface area contributed by atoms with Gasteiger partial charge in [-0.1, -0.05) is 0 Å². The van der Waals surface area contributed by atoms with E-state index in [1.54, 1.807) is 0 Å².